The fourth-order valence-corrected chi connectivity index (χ4v) is 5.32. The van der Waals surface area contributed by atoms with Crippen LogP contribution in [0.3, 0.4) is 0 Å². The molecule has 0 saturated heterocycles. The van der Waals surface area contributed by atoms with Crippen LogP contribution in [0.15, 0.2) is 64.5 Å². The van der Waals surface area contributed by atoms with Gasteiger partial charge in [-0.15, -0.1) is 11.3 Å². The first-order valence-corrected chi connectivity index (χ1v) is 11.7. The van der Waals surface area contributed by atoms with Gasteiger partial charge < -0.3 is 4.98 Å². The number of rotatable bonds is 5. The summed E-state index contributed by atoms with van der Waals surface area (Å²) in [7, 11) is 0. The maximum absolute atomic E-state index is 13.4. The van der Waals surface area contributed by atoms with Crippen LogP contribution in [0.5, 0.6) is 0 Å². The summed E-state index contributed by atoms with van der Waals surface area (Å²) in [6.07, 6.45) is 0.878. The summed E-state index contributed by atoms with van der Waals surface area (Å²) in [4.78, 5) is 28.1. The number of imidazole rings is 1. The molecule has 5 nitrogen and oxygen atoms in total. The van der Waals surface area contributed by atoms with E-state index in [9.17, 15) is 4.79 Å². The van der Waals surface area contributed by atoms with E-state index >= 15 is 0 Å². The SMILES string of the molecule is CCc1cc2c(=O)n(-c3ccc(Cl)cc3)c(SCc3nc4ccccc4[nH]3)nc2s1. The van der Waals surface area contributed by atoms with Gasteiger partial charge in [-0.2, -0.15) is 0 Å². The van der Waals surface area contributed by atoms with Crippen molar-refractivity contribution in [1.29, 1.82) is 0 Å². The van der Waals surface area contributed by atoms with Crippen molar-refractivity contribution in [3.8, 4) is 5.69 Å². The third-order valence-corrected chi connectivity index (χ3v) is 7.17. The monoisotopic (exact) mass is 452 g/mol. The third-order valence-electron chi connectivity index (χ3n) is 4.80. The van der Waals surface area contributed by atoms with Gasteiger partial charge >= 0.3 is 0 Å². The third kappa shape index (κ3) is 3.53. The Morgan fingerprint density at radius 2 is 1.93 bits per heavy atom. The standard InChI is InChI=1S/C22H17ClN4OS2/c1-2-15-11-16-20(30-15)26-22(27(21(16)28)14-9-7-13(23)8-10-14)29-12-19-24-17-5-3-4-6-18(17)25-19/h3-11H,2,12H2,1H3,(H,24,25). The van der Waals surface area contributed by atoms with E-state index in [0.717, 1.165) is 38.7 Å². The number of aromatic amines is 1. The minimum atomic E-state index is -0.0645. The minimum Gasteiger partial charge on any atom is -0.341 e. The predicted molar refractivity (Wildman–Crippen MR) is 125 cm³/mol. The van der Waals surface area contributed by atoms with Crippen molar-refractivity contribution >= 4 is 55.9 Å². The second kappa shape index (κ2) is 7.91. The van der Waals surface area contributed by atoms with E-state index in [4.69, 9.17) is 16.6 Å². The summed E-state index contributed by atoms with van der Waals surface area (Å²) in [6.45, 7) is 2.08. The molecule has 2 aromatic carbocycles. The van der Waals surface area contributed by atoms with Crippen molar-refractivity contribution in [3.05, 3.63) is 80.7 Å². The van der Waals surface area contributed by atoms with Crippen LogP contribution in [0, 0.1) is 0 Å². The number of nitrogens with zero attached hydrogens (tertiary/aromatic N) is 3. The summed E-state index contributed by atoms with van der Waals surface area (Å²) in [6, 6.07) is 17.1. The summed E-state index contributed by atoms with van der Waals surface area (Å²) in [5.74, 6) is 1.42. The van der Waals surface area contributed by atoms with Gasteiger partial charge in [-0.05, 0) is 48.9 Å². The Balaban J connectivity index is 1.60. The lowest BCUT2D eigenvalue weighted by Crippen LogP contribution is -2.21. The summed E-state index contributed by atoms with van der Waals surface area (Å²) < 4.78 is 1.66. The van der Waals surface area contributed by atoms with Gasteiger partial charge in [-0.25, -0.2) is 9.97 Å². The van der Waals surface area contributed by atoms with Crippen LogP contribution >= 0.6 is 34.7 Å². The lowest BCUT2D eigenvalue weighted by Gasteiger charge is -2.11. The first-order chi connectivity index (χ1) is 14.6. The molecule has 8 heteroatoms. The fraction of sp³-hybridized carbons (Fsp3) is 0.136. The Morgan fingerprint density at radius 1 is 1.13 bits per heavy atom. The van der Waals surface area contributed by atoms with Gasteiger partial charge in [-0.1, -0.05) is 42.4 Å². The van der Waals surface area contributed by atoms with Gasteiger partial charge in [0.25, 0.3) is 5.56 Å². The lowest BCUT2D eigenvalue weighted by molar-refractivity contribution is 0.821. The highest BCUT2D eigenvalue weighted by atomic mass is 35.5. The molecule has 0 radical (unpaired) electrons. The van der Waals surface area contributed by atoms with Crippen molar-refractivity contribution in [2.24, 2.45) is 0 Å². The molecule has 3 heterocycles. The molecule has 5 aromatic rings. The van der Waals surface area contributed by atoms with Gasteiger partial charge in [0.05, 0.1) is 27.9 Å². The Labute approximate surface area is 185 Å². The number of thioether (sulfide) groups is 1. The van der Waals surface area contributed by atoms with Crippen LogP contribution in [-0.4, -0.2) is 19.5 Å². The van der Waals surface area contributed by atoms with Crippen LogP contribution in [-0.2, 0) is 12.2 Å². The van der Waals surface area contributed by atoms with Crippen LogP contribution in [0.25, 0.3) is 26.9 Å². The van der Waals surface area contributed by atoms with Crippen molar-refractivity contribution in [2.75, 3.05) is 0 Å². The molecule has 0 bridgehead atoms. The maximum Gasteiger partial charge on any atom is 0.267 e. The smallest absolute Gasteiger partial charge is 0.267 e. The lowest BCUT2D eigenvalue weighted by atomic mass is 10.3. The highest BCUT2D eigenvalue weighted by Gasteiger charge is 2.16. The number of benzene rings is 2. The number of hydrogen-bond donors (Lipinski definition) is 1. The van der Waals surface area contributed by atoms with Crippen molar-refractivity contribution < 1.29 is 0 Å². The number of fused-ring (bicyclic) bond motifs is 2. The molecular weight excluding hydrogens is 436 g/mol. The number of hydrogen-bond acceptors (Lipinski definition) is 5. The number of H-pyrrole nitrogens is 1. The zero-order valence-corrected chi connectivity index (χ0v) is 18.4. The molecule has 0 aliphatic heterocycles. The van der Waals surface area contributed by atoms with E-state index in [1.54, 1.807) is 28.0 Å². The quantitative estimate of drug-likeness (QED) is 0.269. The topological polar surface area (TPSA) is 63.6 Å². The van der Waals surface area contributed by atoms with Crippen LogP contribution in [0.4, 0.5) is 0 Å². The predicted octanol–water partition coefficient (Wildman–Crippen LogP) is 5.83. The molecular formula is C22H17ClN4OS2. The second-order valence-corrected chi connectivity index (χ2v) is 9.28. The molecule has 1 N–H and O–H groups in total. The molecule has 0 unspecified atom stereocenters. The average Bonchev–Trinajstić information content (AvgIpc) is 3.37. The number of aromatic nitrogens is 4. The number of thiophene rings is 1. The van der Waals surface area contributed by atoms with E-state index < -0.39 is 0 Å². The normalized spacial score (nSPS) is 11.5. The van der Waals surface area contributed by atoms with Gasteiger partial charge in [0.15, 0.2) is 5.16 Å². The average molecular weight is 453 g/mol. The van der Waals surface area contributed by atoms with Gasteiger partial charge in [-0.3, -0.25) is 9.36 Å². The number of halogens is 1. The molecule has 0 amide bonds. The van der Waals surface area contributed by atoms with E-state index in [-0.39, 0.29) is 5.56 Å². The molecule has 150 valence electrons. The van der Waals surface area contributed by atoms with E-state index in [1.165, 1.54) is 11.8 Å². The maximum atomic E-state index is 13.4. The highest BCUT2D eigenvalue weighted by molar-refractivity contribution is 7.98. The van der Waals surface area contributed by atoms with Crippen LogP contribution in [0.2, 0.25) is 5.02 Å². The van der Waals surface area contributed by atoms with Crippen molar-refractivity contribution in [1.82, 2.24) is 19.5 Å². The number of para-hydroxylation sites is 2. The Kier molecular flexibility index (Phi) is 5.10. The Bertz CT molecular complexity index is 1390. The summed E-state index contributed by atoms with van der Waals surface area (Å²) in [5.41, 5.74) is 2.61. The molecule has 0 saturated carbocycles. The zero-order chi connectivity index (χ0) is 20.7. The molecule has 0 atom stereocenters. The van der Waals surface area contributed by atoms with E-state index in [2.05, 4.69) is 16.9 Å². The molecule has 0 aliphatic rings. The zero-order valence-electron chi connectivity index (χ0n) is 16.1. The number of aryl methyl sites for hydroxylation is 1. The molecule has 3 aromatic heterocycles. The largest absolute Gasteiger partial charge is 0.341 e. The summed E-state index contributed by atoms with van der Waals surface area (Å²) in [5, 5.41) is 1.92. The fourth-order valence-electron chi connectivity index (χ4n) is 3.31. The van der Waals surface area contributed by atoms with Crippen molar-refractivity contribution in [2.45, 2.75) is 24.3 Å². The molecule has 30 heavy (non-hydrogen) atoms. The Morgan fingerprint density at radius 3 is 2.70 bits per heavy atom. The molecule has 0 spiro atoms. The molecule has 5 rings (SSSR count). The van der Waals surface area contributed by atoms with Gasteiger partial charge in [0, 0.05) is 9.90 Å². The van der Waals surface area contributed by atoms with Crippen LogP contribution in [0.1, 0.15) is 17.6 Å². The van der Waals surface area contributed by atoms with Crippen molar-refractivity contribution in [3.63, 3.8) is 0 Å². The van der Waals surface area contributed by atoms with Gasteiger partial charge in [0.1, 0.15) is 10.7 Å². The molecule has 0 fully saturated rings. The minimum absolute atomic E-state index is 0.0645. The Hall–Kier alpha value is -2.61. The first kappa shape index (κ1) is 19.4. The summed E-state index contributed by atoms with van der Waals surface area (Å²) >= 11 is 9.12. The highest BCUT2D eigenvalue weighted by Crippen LogP contribution is 2.28. The molecule has 0 aliphatic carbocycles. The first-order valence-electron chi connectivity index (χ1n) is 9.50. The second-order valence-electron chi connectivity index (χ2n) is 6.79. The van der Waals surface area contributed by atoms with E-state index in [0.29, 0.717) is 21.3 Å². The van der Waals surface area contributed by atoms with Gasteiger partial charge in [0.2, 0.25) is 0 Å². The van der Waals surface area contributed by atoms with Crippen LogP contribution < -0.4 is 5.56 Å². The van der Waals surface area contributed by atoms with E-state index in [1.807, 2.05) is 42.5 Å². The number of nitrogens with one attached hydrogen (secondary N) is 1.